The van der Waals surface area contributed by atoms with Gasteiger partial charge in [0.05, 0.1) is 19.9 Å². The van der Waals surface area contributed by atoms with E-state index < -0.39 is 0 Å². The molecule has 29 heavy (non-hydrogen) atoms. The molecule has 0 bridgehead atoms. The number of ether oxygens (including phenoxy) is 2. The Morgan fingerprint density at radius 3 is 1.83 bits per heavy atom. The molecule has 0 aliphatic carbocycles. The number of aryl methyl sites for hydroxylation is 2. The van der Waals surface area contributed by atoms with Crippen LogP contribution >= 0.6 is 0 Å². The minimum atomic E-state index is 0.863. The molecule has 1 heterocycles. The predicted octanol–water partition coefficient (Wildman–Crippen LogP) is 6.08. The quantitative estimate of drug-likeness (QED) is 0.386. The summed E-state index contributed by atoms with van der Waals surface area (Å²) in [5.74, 6) is 1.73. The van der Waals surface area contributed by atoms with Gasteiger partial charge in [0.2, 0.25) is 0 Å². The molecule has 3 aromatic carbocycles. The van der Waals surface area contributed by atoms with Crippen molar-refractivity contribution in [3.05, 3.63) is 96.7 Å². The first-order chi connectivity index (χ1) is 14.3. The predicted molar refractivity (Wildman–Crippen MR) is 119 cm³/mol. The maximum atomic E-state index is 5.34. The molecule has 0 aliphatic rings. The summed E-state index contributed by atoms with van der Waals surface area (Å²) in [6.07, 6.45) is 3.17. The first-order valence-electron chi connectivity index (χ1n) is 9.80. The highest BCUT2D eigenvalue weighted by atomic mass is 16.5. The number of benzene rings is 3. The Balaban J connectivity index is 1.72. The molecule has 3 heteroatoms. The molecule has 146 valence electrons. The molecular formula is C26H25NO2. The monoisotopic (exact) mass is 383 g/mol. The number of nitrogens with zero attached hydrogens (tertiary/aromatic N) is 1. The third kappa shape index (κ3) is 4.19. The van der Waals surface area contributed by atoms with Crippen molar-refractivity contribution in [2.24, 2.45) is 0 Å². The van der Waals surface area contributed by atoms with Gasteiger partial charge in [0, 0.05) is 18.3 Å². The molecule has 4 aromatic rings. The topological polar surface area (TPSA) is 23.4 Å². The summed E-state index contributed by atoms with van der Waals surface area (Å²) in [5, 5.41) is 0. The highest BCUT2D eigenvalue weighted by Crippen LogP contribution is 2.35. The smallest absolute Gasteiger partial charge is 0.118 e. The zero-order chi connectivity index (χ0) is 20.1. The van der Waals surface area contributed by atoms with Crippen molar-refractivity contribution in [2.75, 3.05) is 14.2 Å². The van der Waals surface area contributed by atoms with Crippen molar-refractivity contribution >= 4 is 0 Å². The molecule has 3 nitrogen and oxygen atoms in total. The average molecular weight is 383 g/mol. The summed E-state index contributed by atoms with van der Waals surface area (Å²) in [6, 6.07) is 29.3. The zero-order valence-electron chi connectivity index (χ0n) is 16.8. The highest BCUT2D eigenvalue weighted by Gasteiger charge is 2.14. The van der Waals surface area contributed by atoms with Crippen molar-refractivity contribution in [3.8, 4) is 33.9 Å². The SMILES string of the molecule is COc1ccc(-c2ccn(CCc3ccccc3)c2-c2ccc(OC)cc2)cc1. The summed E-state index contributed by atoms with van der Waals surface area (Å²) in [5.41, 5.74) is 6.12. The van der Waals surface area contributed by atoms with Crippen LogP contribution in [0.3, 0.4) is 0 Å². The summed E-state index contributed by atoms with van der Waals surface area (Å²) in [6.45, 7) is 0.918. The lowest BCUT2D eigenvalue weighted by atomic mass is 10.0. The van der Waals surface area contributed by atoms with E-state index in [2.05, 4.69) is 71.4 Å². The first kappa shape index (κ1) is 18.9. The molecule has 0 aliphatic heterocycles. The van der Waals surface area contributed by atoms with Crippen LogP contribution in [0, 0.1) is 0 Å². The van der Waals surface area contributed by atoms with E-state index in [9.17, 15) is 0 Å². The third-order valence-corrected chi connectivity index (χ3v) is 5.21. The fourth-order valence-corrected chi connectivity index (χ4v) is 3.63. The summed E-state index contributed by atoms with van der Waals surface area (Å²) in [7, 11) is 3.39. The van der Waals surface area contributed by atoms with Crippen molar-refractivity contribution < 1.29 is 9.47 Å². The van der Waals surface area contributed by atoms with Crippen LogP contribution in [0.25, 0.3) is 22.4 Å². The molecular weight excluding hydrogens is 358 g/mol. The van der Waals surface area contributed by atoms with E-state index in [1.54, 1.807) is 14.2 Å². The Morgan fingerprint density at radius 2 is 1.24 bits per heavy atom. The molecule has 0 radical (unpaired) electrons. The highest BCUT2D eigenvalue weighted by molar-refractivity contribution is 5.82. The van der Waals surface area contributed by atoms with Crippen LogP contribution in [0.2, 0.25) is 0 Å². The molecule has 0 saturated carbocycles. The van der Waals surface area contributed by atoms with Crippen LogP contribution in [-0.4, -0.2) is 18.8 Å². The van der Waals surface area contributed by atoms with Crippen LogP contribution < -0.4 is 9.47 Å². The van der Waals surface area contributed by atoms with Crippen molar-refractivity contribution in [1.29, 1.82) is 0 Å². The maximum absolute atomic E-state index is 5.34. The lowest BCUT2D eigenvalue weighted by Crippen LogP contribution is -2.02. The van der Waals surface area contributed by atoms with E-state index in [0.717, 1.165) is 24.5 Å². The van der Waals surface area contributed by atoms with E-state index >= 15 is 0 Å². The van der Waals surface area contributed by atoms with Gasteiger partial charge in [0.15, 0.2) is 0 Å². The fraction of sp³-hybridized carbons (Fsp3) is 0.154. The van der Waals surface area contributed by atoms with Crippen LogP contribution in [0.15, 0.2) is 91.1 Å². The fourth-order valence-electron chi connectivity index (χ4n) is 3.63. The Bertz CT molecular complexity index is 1050. The van der Waals surface area contributed by atoms with Crippen LogP contribution in [-0.2, 0) is 13.0 Å². The second-order valence-corrected chi connectivity index (χ2v) is 6.96. The van der Waals surface area contributed by atoms with Gasteiger partial charge in [-0.15, -0.1) is 0 Å². The van der Waals surface area contributed by atoms with Crippen LogP contribution in [0.5, 0.6) is 11.5 Å². The lowest BCUT2D eigenvalue weighted by molar-refractivity contribution is 0.414. The number of rotatable bonds is 7. The van der Waals surface area contributed by atoms with E-state index in [-0.39, 0.29) is 0 Å². The largest absolute Gasteiger partial charge is 0.497 e. The molecule has 0 N–H and O–H groups in total. The minimum absolute atomic E-state index is 0.863. The molecule has 0 spiro atoms. The lowest BCUT2D eigenvalue weighted by Gasteiger charge is -2.13. The van der Waals surface area contributed by atoms with Gasteiger partial charge in [0.1, 0.15) is 11.5 Å². The van der Waals surface area contributed by atoms with Crippen molar-refractivity contribution in [1.82, 2.24) is 4.57 Å². The van der Waals surface area contributed by atoms with Crippen LogP contribution in [0.1, 0.15) is 5.56 Å². The second kappa shape index (κ2) is 8.70. The first-order valence-corrected chi connectivity index (χ1v) is 9.80. The molecule has 0 amide bonds. The maximum Gasteiger partial charge on any atom is 0.118 e. The van der Waals surface area contributed by atoms with Gasteiger partial charge in [-0.3, -0.25) is 0 Å². The van der Waals surface area contributed by atoms with Crippen molar-refractivity contribution in [3.63, 3.8) is 0 Å². The standard InChI is InChI=1S/C26H25NO2/c1-28-23-12-8-21(9-13-23)25-17-19-27(18-16-20-6-4-3-5-7-20)26(25)22-10-14-24(29-2)15-11-22/h3-15,17,19H,16,18H2,1-2H3. The van der Waals surface area contributed by atoms with Gasteiger partial charge in [-0.1, -0.05) is 42.5 Å². The Morgan fingerprint density at radius 1 is 0.655 bits per heavy atom. The summed E-state index contributed by atoms with van der Waals surface area (Å²) < 4.78 is 13.0. The molecule has 0 unspecified atom stereocenters. The van der Waals surface area contributed by atoms with E-state index in [0.29, 0.717) is 0 Å². The van der Waals surface area contributed by atoms with Crippen molar-refractivity contribution in [2.45, 2.75) is 13.0 Å². The Kier molecular flexibility index (Phi) is 5.66. The van der Waals surface area contributed by atoms with Crippen LogP contribution in [0.4, 0.5) is 0 Å². The average Bonchev–Trinajstić information content (AvgIpc) is 3.22. The molecule has 0 atom stereocenters. The second-order valence-electron chi connectivity index (χ2n) is 6.96. The molecule has 4 rings (SSSR count). The molecule has 0 fully saturated rings. The van der Waals surface area contributed by atoms with Gasteiger partial charge < -0.3 is 14.0 Å². The van der Waals surface area contributed by atoms with E-state index in [4.69, 9.17) is 9.47 Å². The third-order valence-electron chi connectivity index (χ3n) is 5.21. The van der Waals surface area contributed by atoms with Gasteiger partial charge in [-0.25, -0.2) is 0 Å². The number of hydrogen-bond acceptors (Lipinski definition) is 2. The molecule has 0 saturated heterocycles. The van der Waals surface area contributed by atoms with Gasteiger partial charge in [-0.2, -0.15) is 0 Å². The summed E-state index contributed by atoms with van der Waals surface area (Å²) >= 11 is 0. The Labute approximate surface area is 172 Å². The van der Waals surface area contributed by atoms with Gasteiger partial charge >= 0.3 is 0 Å². The normalized spacial score (nSPS) is 10.7. The summed E-state index contributed by atoms with van der Waals surface area (Å²) in [4.78, 5) is 0. The van der Waals surface area contributed by atoms with Gasteiger partial charge in [-0.05, 0) is 65.6 Å². The number of methoxy groups -OCH3 is 2. The van der Waals surface area contributed by atoms with E-state index in [1.165, 1.54) is 27.9 Å². The molecule has 1 aromatic heterocycles. The number of aromatic nitrogens is 1. The Hall–Kier alpha value is -3.46. The number of hydrogen-bond donors (Lipinski definition) is 0. The zero-order valence-corrected chi connectivity index (χ0v) is 16.8. The van der Waals surface area contributed by atoms with Gasteiger partial charge in [0.25, 0.3) is 0 Å². The minimum Gasteiger partial charge on any atom is -0.497 e. The van der Waals surface area contributed by atoms with E-state index in [1.807, 2.05) is 24.3 Å².